The number of aryl methyl sites for hydroxylation is 1. The second-order valence-electron chi connectivity index (χ2n) is 3.75. The Hall–Kier alpha value is -1.88. The average molecular weight is 305 g/mol. The first-order chi connectivity index (χ1) is 9.31. The molecule has 0 aliphatic heterocycles. The Morgan fingerprint density at radius 1 is 1.30 bits per heavy atom. The highest BCUT2D eigenvalue weighted by atomic mass is 32.2. The number of rotatable bonds is 3. The summed E-state index contributed by atoms with van der Waals surface area (Å²) in [7, 11) is 1.70. The summed E-state index contributed by atoms with van der Waals surface area (Å²) < 4.78 is 39.7. The van der Waals surface area contributed by atoms with Crippen LogP contribution in [-0.4, -0.2) is 24.7 Å². The summed E-state index contributed by atoms with van der Waals surface area (Å²) in [5, 5.41) is 8.13. The summed E-state index contributed by atoms with van der Waals surface area (Å²) in [6, 6.07) is 0.829. The maximum Gasteiger partial charge on any atom is 0.433 e. The maximum absolute atomic E-state index is 12.7. The molecule has 2 rings (SSSR count). The van der Waals surface area contributed by atoms with Crippen molar-refractivity contribution < 1.29 is 13.2 Å². The molecule has 20 heavy (non-hydrogen) atoms. The summed E-state index contributed by atoms with van der Waals surface area (Å²) in [6.45, 7) is 1.73. The topological polar surface area (TPSA) is 94.5 Å². The van der Waals surface area contributed by atoms with Gasteiger partial charge in [0.2, 0.25) is 5.95 Å². The van der Waals surface area contributed by atoms with Gasteiger partial charge >= 0.3 is 6.18 Å². The van der Waals surface area contributed by atoms with Gasteiger partial charge in [-0.15, -0.1) is 10.2 Å². The predicted molar refractivity (Wildman–Crippen MR) is 64.7 cm³/mol. The van der Waals surface area contributed by atoms with Crippen molar-refractivity contribution in [1.29, 1.82) is 0 Å². The molecular formula is C9H10F3N7S. The van der Waals surface area contributed by atoms with Gasteiger partial charge in [-0.2, -0.15) is 13.2 Å². The van der Waals surface area contributed by atoms with Gasteiger partial charge in [-0.05, 0) is 18.7 Å². The molecule has 2 aromatic rings. The SMILES string of the molecule is Cc1nnc(Sc2cc(C(F)(F)F)nc(NN)n2)n1C. The minimum atomic E-state index is -4.58. The second-order valence-corrected chi connectivity index (χ2v) is 4.74. The highest BCUT2D eigenvalue weighted by Gasteiger charge is 2.34. The molecule has 2 aromatic heterocycles. The van der Waals surface area contributed by atoms with E-state index in [1.54, 1.807) is 18.5 Å². The number of nitrogens with two attached hydrogens (primary N) is 1. The van der Waals surface area contributed by atoms with Crippen molar-refractivity contribution in [2.24, 2.45) is 12.9 Å². The van der Waals surface area contributed by atoms with Crippen LogP contribution in [0.2, 0.25) is 0 Å². The Kier molecular flexibility index (Phi) is 3.81. The first-order valence-corrected chi connectivity index (χ1v) is 6.09. The molecule has 0 bridgehead atoms. The van der Waals surface area contributed by atoms with E-state index in [1.807, 2.05) is 5.43 Å². The molecule has 0 aromatic carbocycles. The first-order valence-electron chi connectivity index (χ1n) is 5.28. The van der Waals surface area contributed by atoms with Crippen LogP contribution in [0.3, 0.4) is 0 Å². The van der Waals surface area contributed by atoms with Crippen molar-refractivity contribution >= 4 is 17.7 Å². The summed E-state index contributed by atoms with van der Waals surface area (Å²) in [4.78, 5) is 7.11. The fraction of sp³-hybridized carbons (Fsp3) is 0.333. The third kappa shape index (κ3) is 2.99. The molecule has 108 valence electrons. The van der Waals surface area contributed by atoms with E-state index in [9.17, 15) is 13.2 Å². The highest BCUT2D eigenvalue weighted by Crippen LogP contribution is 2.32. The van der Waals surface area contributed by atoms with Crippen LogP contribution in [0.15, 0.2) is 16.2 Å². The zero-order chi connectivity index (χ0) is 14.9. The van der Waals surface area contributed by atoms with Crippen LogP contribution >= 0.6 is 11.8 Å². The number of hydrogen-bond acceptors (Lipinski definition) is 7. The summed E-state index contributed by atoms with van der Waals surface area (Å²) in [5.41, 5.74) is 0.925. The van der Waals surface area contributed by atoms with E-state index < -0.39 is 11.9 Å². The normalized spacial score (nSPS) is 11.7. The van der Waals surface area contributed by atoms with Gasteiger partial charge in [0.05, 0.1) is 0 Å². The van der Waals surface area contributed by atoms with Crippen LogP contribution < -0.4 is 11.3 Å². The number of nitrogens with zero attached hydrogens (tertiary/aromatic N) is 5. The third-order valence-electron chi connectivity index (χ3n) is 2.37. The van der Waals surface area contributed by atoms with Gasteiger partial charge in [0.25, 0.3) is 0 Å². The van der Waals surface area contributed by atoms with Crippen molar-refractivity contribution in [2.45, 2.75) is 23.3 Å². The fourth-order valence-electron chi connectivity index (χ4n) is 1.26. The van der Waals surface area contributed by atoms with Crippen molar-refractivity contribution in [2.75, 3.05) is 5.43 Å². The van der Waals surface area contributed by atoms with E-state index in [0.29, 0.717) is 11.0 Å². The number of halogens is 3. The van der Waals surface area contributed by atoms with Crippen molar-refractivity contribution in [3.05, 3.63) is 17.6 Å². The smallest absolute Gasteiger partial charge is 0.309 e. The Morgan fingerprint density at radius 3 is 2.50 bits per heavy atom. The quantitative estimate of drug-likeness (QED) is 0.502. The molecule has 0 aliphatic carbocycles. The zero-order valence-electron chi connectivity index (χ0n) is 10.4. The van der Waals surface area contributed by atoms with Crippen LogP contribution in [-0.2, 0) is 13.2 Å². The number of hydrazine groups is 1. The molecular weight excluding hydrogens is 295 g/mol. The molecule has 11 heteroatoms. The molecule has 0 saturated carbocycles. The molecule has 0 atom stereocenters. The van der Waals surface area contributed by atoms with Gasteiger partial charge in [-0.25, -0.2) is 15.8 Å². The van der Waals surface area contributed by atoms with Gasteiger partial charge in [0.15, 0.2) is 10.9 Å². The Labute approximate surface area is 115 Å². The molecule has 0 unspecified atom stereocenters. The van der Waals surface area contributed by atoms with E-state index >= 15 is 0 Å². The van der Waals surface area contributed by atoms with E-state index in [-0.39, 0.29) is 11.0 Å². The zero-order valence-corrected chi connectivity index (χ0v) is 11.2. The van der Waals surface area contributed by atoms with Crippen LogP contribution in [0.25, 0.3) is 0 Å². The van der Waals surface area contributed by atoms with Gasteiger partial charge in [0, 0.05) is 13.1 Å². The second kappa shape index (κ2) is 5.25. The lowest BCUT2D eigenvalue weighted by molar-refractivity contribution is -0.141. The number of anilines is 1. The molecule has 2 heterocycles. The summed E-state index contributed by atoms with van der Waals surface area (Å²) in [6.07, 6.45) is -4.58. The predicted octanol–water partition coefficient (Wildman–Crippen LogP) is 1.37. The molecule has 7 nitrogen and oxygen atoms in total. The molecule has 3 N–H and O–H groups in total. The van der Waals surface area contributed by atoms with E-state index in [0.717, 1.165) is 17.8 Å². The van der Waals surface area contributed by atoms with Crippen LogP contribution in [0.1, 0.15) is 11.5 Å². The summed E-state index contributed by atoms with van der Waals surface area (Å²) in [5.74, 6) is 5.39. The van der Waals surface area contributed by atoms with Gasteiger partial charge in [0.1, 0.15) is 10.9 Å². The van der Waals surface area contributed by atoms with Crippen LogP contribution in [0.4, 0.5) is 19.1 Å². The first kappa shape index (κ1) is 14.5. The standard InChI is InChI=1S/C9H10F3N7S/c1-4-17-18-8(19(4)2)20-6-3-5(9(10,11)12)14-7(15-6)16-13/h3H,13H2,1-2H3,(H,14,15,16). The van der Waals surface area contributed by atoms with Gasteiger partial charge in [-0.3, -0.25) is 5.43 Å². The number of nitrogen functional groups attached to an aromatic ring is 1. The van der Waals surface area contributed by atoms with Gasteiger partial charge in [-0.1, -0.05) is 0 Å². The van der Waals surface area contributed by atoms with E-state index in [2.05, 4.69) is 20.2 Å². The van der Waals surface area contributed by atoms with Crippen molar-refractivity contribution in [3.8, 4) is 0 Å². The van der Waals surface area contributed by atoms with Crippen LogP contribution in [0, 0.1) is 6.92 Å². The maximum atomic E-state index is 12.7. The monoisotopic (exact) mass is 305 g/mol. The van der Waals surface area contributed by atoms with E-state index in [1.165, 1.54) is 0 Å². The Balaban J connectivity index is 2.39. The number of nitrogens with one attached hydrogen (secondary N) is 1. The van der Waals surface area contributed by atoms with Crippen molar-refractivity contribution in [1.82, 2.24) is 24.7 Å². The number of alkyl halides is 3. The average Bonchev–Trinajstić information content (AvgIpc) is 2.69. The Bertz CT molecular complexity index is 624. The lowest BCUT2D eigenvalue weighted by Gasteiger charge is -2.09. The molecule has 0 radical (unpaired) electrons. The third-order valence-corrected chi connectivity index (χ3v) is 3.33. The molecule has 0 spiro atoms. The number of aromatic nitrogens is 5. The van der Waals surface area contributed by atoms with Gasteiger partial charge < -0.3 is 4.57 Å². The largest absolute Gasteiger partial charge is 0.433 e. The Morgan fingerprint density at radius 2 is 2.00 bits per heavy atom. The molecule has 0 saturated heterocycles. The summed E-state index contributed by atoms with van der Waals surface area (Å²) >= 11 is 0.938. The highest BCUT2D eigenvalue weighted by molar-refractivity contribution is 7.99. The molecule has 0 fully saturated rings. The van der Waals surface area contributed by atoms with Crippen molar-refractivity contribution in [3.63, 3.8) is 0 Å². The minimum absolute atomic E-state index is 0.0655. The van der Waals surface area contributed by atoms with E-state index in [4.69, 9.17) is 5.84 Å². The molecule has 0 amide bonds. The van der Waals surface area contributed by atoms with Crippen LogP contribution in [0.5, 0.6) is 0 Å². The lowest BCUT2D eigenvalue weighted by atomic mass is 10.4. The number of hydrogen-bond donors (Lipinski definition) is 2. The minimum Gasteiger partial charge on any atom is -0.309 e. The lowest BCUT2D eigenvalue weighted by Crippen LogP contribution is -2.15. The fourth-order valence-corrected chi connectivity index (χ4v) is 2.10. The molecule has 0 aliphatic rings.